The molecule has 0 aliphatic rings. The van der Waals surface area contributed by atoms with Crippen molar-refractivity contribution in [2.75, 3.05) is 25.7 Å². The highest BCUT2D eigenvalue weighted by Gasteiger charge is 2.14. The molecular weight excluding hydrogens is 227 g/mol. The number of nitrogen functional groups attached to an aromatic ring is 1. The fourth-order valence-corrected chi connectivity index (χ4v) is 1.23. The summed E-state index contributed by atoms with van der Waals surface area (Å²) in [5, 5.41) is 2.57. The Kier molecular flexibility index (Phi) is 5.31. The van der Waals surface area contributed by atoms with Crippen LogP contribution in [0.1, 0.15) is 16.8 Å². The van der Waals surface area contributed by atoms with Crippen LogP contribution in [-0.2, 0) is 4.74 Å². The van der Waals surface area contributed by atoms with Crippen molar-refractivity contribution in [3.8, 4) is 0 Å². The van der Waals surface area contributed by atoms with E-state index in [2.05, 4.69) is 15.7 Å². The van der Waals surface area contributed by atoms with Gasteiger partial charge in [0.05, 0.1) is 5.56 Å². The van der Waals surface area contributed by atoms with Gasteiger partial charge < -0.3 is 15.5 Å². The molecule has 0 atom stereocenters. The van der Waals surface area contributed by atoms with E-state index in [1.807, 2.05) is 0 Å². The van der Waals surface area contributed by atoms with Crippen LogP contribution >= 0.6 is 0 Å². The highest BCUT2D eigenvalue weighted by molar-refractivity contribution is 5.95. The number of aromatic nitrogens is 1. The quantitative estimate of drug-likeness (QED) is 0.378. The summed E-state index contributed by atoms with van der Waals surface area (Å²) in [6.45, 7) is 0.953. The van der Waals surface area contributed by atoms with Crippen LogP contribution in [0.3, 0.4) is 0 Å². The zero-order chi connectivity index (χ0) is 12.7. The average Bonchev–Trinajstić information content (AvgIpc) is 2.34. The van der Waals surface area contributed by atoms with Crippen LogP contribution in [0.25, 0.3) is 0 Å². The van der Waals surface area contributed by atoms with Crippen molar-refractivity contribution < 1.29 is 13.9 Å². The van der Waals surface area contributed by atoms with Crippen LogP contribution in [0.4, 0.5) is 10.2 Å². The second kappa shape index (κ2) is 6.77. The van der Waals surface area contributed by atoms with Gasteiger partial charge in [0.15, 0.2) is 11.6 Å². The Balaban J connectivity index is 2.62. The molecule has 0 aromatic carbocycles. The highest BCUT2D eigenvalue weighted by atomic mass is 19.1. The van der Waals surface area contributed by atoms with Crippen LogP contribution in [0.15, 0.2) is 12.3 Å². The Bertz CT molecular complexity index is 387. The molecule has 0 fully saturated rings. The van der Waals surface area contributed by atoms with Crippen molar-refractivity contribution in [3.63, 3.8) is 0 Å². The van der Waals surface area contributed by atoms with Crippen molar-refractivity contribution in [2.24, 2.45) is 5.84 Å². The van der Waals surface area contributed by atoms with Gasteiger partial charge in [0.2, 0.25) is 0 Å². The number of hydrogen-bond acceptors (Lipinski definition) is 5. The lowest BCUT2D eigenvalue weighted by Gasteiger charge is -2.07. The van der Waals surface area contributed by atoms with Gasteiger partial charge in [-0.25, -0.2) is 15.2 Å². The minimum Gasteiger partial charge on any atom is -0.385 e. The van der Waals surface area contributed by atoms with Crippen LogP contribution in [0, 0.1) is 5.82 Å². The monoisotopic (exact) mass is 242 g/mol. The van der Waals surface area contributed by atoms with E-state index in [0.717, 1.165) is 0 Å². The first-order valence-electron chi connectivity index (χ1n) is 5.09. The van der Waals surface area contributed by atoms with Gasteiger partial charge in [0.1, 0.15) is 0 Å². The van der Waals surface area contributed by atoms with Gasteiger partial charge in [-0.05, 0) is 12.5 Å². The summed E-state index contributed by atoms with van der Waals surface area (Å²) in [5.41, 5.74) is 1.99. The Morgan fingerprint density at radius 2 is 2.41 bits per heavy atom. The molecular formula is C10H15FN4O2. The van der Waals surface area contributed by atoms with Gasteiger partial charge in [-0.3, -0.25) is 4.79 Å². The summed E-state index contributed by atoms with van der Waals surface area (Å²) in [5.74, 6) is 3.63. The predicted molar refractivity (Wildman–Crippen MR) is 60.8 cm³/mol. The lowest BCUT2D eigenvalue weighted by molar-refractivity contribution is 0.0944. The number of hydrogen-bond donors (Lipinski definition) is 3. The van der Waals surface area contributed by atoms with E-state index in [1.54, 1.807) is 7.11 Å². The van der Waals surface area contributed by atoms with E-state index in [1.165, 1.54) is 12.3 Å². The second-order valence-electron chi connectivity index (χ2n) is 3.27. The van der Waals surface area contributed by atoms with E-state index in [-0.39, 0.29) is 11.4 Å². The number of pyridine rings is 1. The molecule has 6 nitrogen and oxygen atoms in total. The maximum atomic E-state index is 13.6. The second-order valence-corrected chi connectivity index (χ2v) is 3.27. The summed E-state index contributed by atoms with van der Waals surface area (Å²) in [6, 6.07) is 1.29. The Morgan fingerprint density at radius 1 is 1.65 bits per heavy atom. The number of carbonyl (C=O) groups is 1. The van der Waals surface area contributed by atoms with Gasteiger partial charge in [-0.2, -0.15) is 0 Å². The molecule has 0 unspecified atom stereocenters. The highest BCUT2D eigenvalue weighted by Crippen LogP contribution is 2.13. The molecule has 17 heavy (non-hydrogen) atoms. The largest absolute Gasteiger partial charge is 0.385 e. The number of rotatable bonds is 6. The molecule has 0 saturated carbocycles. The molecule has 94 valence electrons. The molecule has 0 spiro atoms. The number of ether oxygens (including phenoxy) is 1. The van der Waals surface area contributed by atoms with Crippen LogP contribution in [-0.4, -0.2) is 31.2 Å². The maximum Gasteiger partial charge on any atom is 0.254 e. The standard InChI is InChI=1S/C10H15FN4O2/c1-17-6-2-4-14-10(16)7-3-5-13-9(15-12)8(7)11/h3,5H,2,4,6,12H2,1H3,(H,13,15)(H,14,16). The molecule has 0 aliphatic carbocycles. The number of nitrogens with two attached hydrogens (primary N) is 1. The minimum atomic E-state index is -0.765. The van der Waals surface area contributed by atoms with Crippen LogP contribution < -0.4 is 16.6 Å². The van der Waals surface area contributed by atoms with Crippen molar-refractivity contribution >= 4 is 11.7 Å². The Morgan fingerprint density at radius 3 is 3.06 bits per heavy atom. The first kappa shape index (κ1) is 13.3. The molecule has 0 saturated heterocycles. The van der Waals surface area contributed by atoms with E-state index in [9.17, 15) is 9.18 Å². The molecule has 7 heteroatoms. The number of nitrogens with zero attached hydrogens (tertiary/aromatic N) is 1. The van der Waals surface area contributed by atoms with E-state index in [4.69, 9.17) is 10.6 Å². The molecule has 1 aromatic heterocycles. The fraction of sp³-hybridized carbons (Fsp3) is 0.400. The first-order chi connectivity index (χ1) is 8.20. The maximum absolute atomic E-state index is 13.6. The summed E-state index contributed by atoms with van der Waals surface area (Å²) >= 11 is 0. The van der Waals surface area contributed by atoms with Gasteiger partial charge in [0.25, 0.3) is 5.91 Å². The number of methoxy groups -OCH3 is 1. The Hall–Kier alpha value is -1.73. The van der Waals surface area contributed by atoms with E-state index >= 15 is 0 Å². The molecule has 0 aliphatic heterocycles. The molecule has 1 heterocycles. The SMILES string of the molecule is COCCCNC(=O)c1ccnc(NN)c1F. The molecule has 1 aromatic rings. The number of carbonyl (C=O) groups excluding carboxylic acids is 1. The topological polar surface area (TPSA) is 89.3 Å². The van der Waals surface area contributed by atoms with Crippen molar-refractivity contribution in [3.05, 3.63) is 23.6 Å². The van der Waals surface area contributed by atoms with Crippen molar-refractivity contribution in [2.45, 2.75) is 6.42 Å². The van der Waals surface area contributed by atoms with E-state index in [0.29, 0.717) is 19.6 Å². The lowest BCUT2D eigenvalue weighted by Crippen LogP contribution is -2.26. The smallest absolute Gasteiger partial charge is 0.254 e. The van der Waals surface area contributed by atoms with E-state index < -0.39 is 11.7 Å². The normalized spacial score (nSPS) is 10.1. The number of halogens is 1. The van der Waals surface area contributed by atoms with Crippen LogP contribution in [0.5, 0.6) is 0 Å². The third kappa shape index (κ3) is 3.65. The molecule has 4 N–H and O–H groups in total. The number of nitrogens with one attached hydrogen (secondary N) is 2. The molecule has 0 bridgehead atoms. The zero-order valence-corrected chi connectivity index (χ0v) is 9.50. The number of amides is 1. The minimum absolute atomic E-state index is 0.0923. The predicted octanol–water partition coefficient (Wildman–Crippen LogP) is 0.273. The summed E-state index contributed by atoms with van der Waals surface area (Å²) in [6.07, 6.45) is 1.97. The number of anilines is 1. The van der Waals surface area contributed by atoms with Gasteiger partial charge in [0, 0.05) is 26.5 Å². The van der Waals surface area contributed by atoms with Crippen molar-refractivity contribution in [1.82, 2.24) is 10.3 Å². The molecule has 0 radical (unpaired) electrons. The third-order valence-corrected chi connectivity index (χ3v) is 2.08. The number of hydrazine groups is 1. The van der Waals surface area contributed by atoms with Gasteiger partial charge >= 0.3 is 0 Å². The summed E-state index contributed by atoms with van der Waals surface area (Å²) in [7, 11) is 1.57. The van der Waals surface area contributed by atoms with Crippen molar-refractivity contribution in [1.29, 1.82) is 0 Å². The first-order valence-corrected chi connectivity index (χ1v) is 5.09. The lowest BCUT2D eigenvalue weighted by atomic mass is 10.2. The Labute approximate surface area is 98.3 Å². The summed E-state index contributed by atoms with van der Waals surface area (Å²) < 4.78 is 18.4. The van der Waals surface area contributed by atoms with Gasteiger partial charge in [-0.1, -0.05) is 0 Å². The fourth-order valence-electron chi connectivity index (χ4n) is 1.23. The third-order valence-electron chi connectivity index (χ3n) is 2.08. The van der Waals surface area contributed by atoms with Gasteiger partial charge in [-0.15, -0.1) is 0 Å². The molecule has 1 amide bonds. The summed E-state index contributed by atoms with van der Waals surface area (Å²) in [4.78, 5) is 15.2. The molecule has 1 rings (SSSR count). The average molecular weight is 242 g/mol. The zero-order valence-electron chi connectivity index (χ0n) is 9.50. The van der Waals surface area contributed by atoms with Crippen LogP contribution in [0.2, 0.25) is 0 Å².